The molecule has 3 heteroatoms. The van der Waals surface area contributed by atoms with Gasteiger partial charge >= 0.3 is 0 Å². The van der Waals surface area contributed by atoms with Gasteiger partial charge in [-0.25, -0.2) is 4.98 Å². The van der Waals surface area contributed by atoms with Gasteiger partial charge in [0.25, 0.3) is 0 Å². The number of nitrogen functional groups attached to an aromatic ring is 1. The second-order valence-corrected chi connectivity index (χ2v) is 3.17. The van der Waals surface area contributed by atoms with Crippen molar-refractivity contribution in [1.29, 1.82) is 5.26 Å². The highest BCUT2D eigenvalue weighted by Gasteiger charge is 1.98. The first kappa shape index (κ1) is 9.22. The maximum Gasteiger partial charge on any atom is 0.140 e. The lowest BCUT2D eigenvalue weighted by Crippen LogP contribution is -1.86. The summed E-state index contributed by atoms with van der Waals surface area (Å²) in [5.74, 6) is 0. The van der Waals surface area contributed by atoms with Crippen molar-refractivity contribution >= 4 is 5.69 Å². The number of pyridine rings is 1. The van der Waals surface area contributed by atoms with Crippen LogP contribution in [0.1, 0.15) is 5.69 Å². The summed E-state index contributed by atoms with van der Waals surface area (Å²) in [6.45, 7) is 0. The molecule has 0 aliphatic carbocycles. The quantitative estimate of drug-likeness (QED) is 0.709. The summed E-state index contributed by atoms with van der Waals surface area (Å²) in [5.41, 5.74) is 8.78. The molecule has 72 valence electrons. The lowest BCUT2D eigenvalue weighted by atomic mass is 10.1. The Morgan fingerprint density at radius 3 is 2.20 bits per heavy atom. The molecule has 0 radical (unpaired) electrons. The molecule has 0 aliphatic rings. The first-order valence-electron chi connectivity index (χ1n) is 4.51. The standard InChI is InChI=1S/C12H9N3/c13-7-12-6-3-10(8-15-12)9-1-4-11(14)5-2-9/h1-6,8H,14H2. The molecule has 0 amide bonds. The van der Waals surface area contributed by atoms with Crippen LogP contribution >= 0.6 is 0 Å². The monoisotopic (exact) mass is 195 g/mol. The van der Waals surface area contributed by atoms with Crippen LogP contribution in [0.15, 0.2) is 42.6 Å². The van der Waals surface area contributed by atoms with Gasteiger partial charge < -0.3 is 5.73 Å². The molecule has 2 N–H and O–H groups in total. The van der Waals surface area contributed by atoms with Gasteiger partial charge in [-0.1, -0.05) is 12.1 Å². The Labute approximate surface area is 87.8 Å². The van der Waals surface area contributed by atoms with Crippen molar-refractivity contribution in [2.45, 2.75) is 0 Å². The maximum atomic E-state index is 8.61. The molecule has 1 heterocycles. The molecular weight excluding hydrogens is 186 g/mol. The van der Waals surface area contributed by atoms with E-state index in [-0.39, 0.29) is 0 Å². The fourth-order valence-electron chi connectivity index (χ4n) is 1.31. The number of nitrogens with two attached hydrogens (primary N) is 1. The fraction of sp³-hybridized carbons (Fsp3) is 0. The van der Waals surface area contributed by atoms with Crippen LogP contribution in [0.2, 0.25) is 0 Å². The number of hydrogen-bond acceptors (Lipinski definition) is 3. The lowest BCUT2D eigenvalue weighted by Gasteiger charge is -2.01. The van der Waals surface area contributed by atoms with Gasteiger partial charge in [-0.2, -0.15) is 5.26 Å². The van der Waals surface area contributed by atoms with E-state index in [1.807, 2.05) is 36.4 Å². The van der Waals surface area contributed by atoms with E-state index in [4.69, 9.17) is 11.0 Å². The molecule has 2 aromatic rings. The SMILES string of the molecule is N#Cc1ccc(-c2ccc(N)cc2)cn1. The van der Waals surface area contributed by atoms with E-state index in [0.29, 0.717) is 5.69 Å². The van der Waals surface area contributed by atoms with Crippen molar-refractivity contribution in [3.63, 3.8) is 0 Å². The molecule has 0 saturated carbocycles. The Kier molecular flexibility index (Phi) is 2.34. The average molecular weight is 195 g/mol. The van der Waals surface area contributed by atoms with Crippen molar-refractivity contribution in [3.05, 3.63) is 48.3 Å². The van der Waals surface area contributed by atoms with E-state index < -0.39 is 0 Å². The van der Waals surface area contributed by atoms with Crippen molar-refractivity contribution in [2.24, 2.45) is 0 Å². The minimum Gasteiger partial charge on any atom is -0.399 e. The van der Waals surface area contributed by atoms with Gasteiger partial charge in [0.15, 0.2) is 0 Å². The summed E-state index contributed by atoms with van der Waals surface area (Å²) < 4.78 is 0. The van der Waals surface area contributed by atoms with Crippen LogP contribution in [-0.2, 0) is 0 Å². The Morgan fingerprint density at radius 2 is 1.67 bits per heavy atom. The Balaban J connectivity index is 2.38. The summed E-state index contributed by atoms with van der Waals surface area (Å²) in [4.78, 5) is 4.00. The molecule has 0 spiro atoms. The van der Waals surface area contributed by atoms with Crippen molar-refractivity contribution in [1.82, 2.24) is 4.98 Å². The van der Waals surface area contributed by atoms with Crippen molar-refractivity contribution in [2.75, 3.05) is 5.73 Å². The molecule has 3 nitrogen and oxygen atoms in total. The zero-order valence-electron chi connectivity index (χ0n) is 8.01. The molecule has 0 unspecified atom stereocenters. The third-order valence-corrected chi connectivity index (χ3v) is 2.12. The van der Waals surface area contributed by atoms with Gasteiger partial charge in [0.1, 0.15) is 11.8 Å². The van der Waals surface area contributed by atoms with E-state index in [0.717, 1.165) is 16.8 Å². The highest BCUT2D eigenvalue weighted by Crippen LogP contribution is 2.19. The normalized spacial score (nSPS) is 9.53. The highest BCUT2D eigenvalue weighted by atomic mass is 14.7. The predicted octanol–water partition coefficient (Wildman–Crippen LogP) is 2.20. The van der Waals surface area contributed by atoms with Crippen molar-refractivity contribution < 1.29 is 0 Å². The Morgan fingerprint density at radius 1 is 1.00 bits per heavy atom. The van der Waals surface area contributed by atoms with Crippen LogP contribution in [0.25, 0.3) is 11.1 Å². The topological polar surface area (TPSA) is 62.7 Å². The molecule has 2 rings (SSSR count). The molecule has 0 saturated heterocycles. The minimum absolute atomic E-state index is 0.425. The molecular formula is C12H9N3. The molecule has 0 aliphatic heterocycles. The van der Waals surface area contributed by atoms with E-state index in [1.165, 1.54) is 0 Å². The average Bonchev–Trinajstić information content (AvgIpc) is 2.30. The molecule has 1 aromatic heterocycles. The van der Waals surface area contributed by atoms with Gasteiger partial charge in [-0.15, -0.1) is 0 Å². The number of hydrogen-bond donors (Lipinski definition) is 1. The third-order valence-electron chi connectivity index (χ3n) is 2.12. The Bertz CT molecular complexity index is 492. The summed E-state index contributed by atoms with van der Waals surface area (Å²) in [7, 11) is 0. The minimum atomic E-state index is 0.425. The molecule has 1 aromatic carbocycles. The van der Waals surface area contributed by atoms with Crippen LogP contribution in [0.4, 0.5) is 5.69 Å². The number of benzene rings is 1. The largest absolute Gasteiger partial charge is 0.399 e. The van der Waals surface area contributed by atoms with E-state index in [1.54, 1.807) is 12.3 Å². The van der Waals surface area contributed by atoms with E-state index >= 15 is 0 Å². The lowest BCUT2D eigenvalue weighted by molar-refractivity contribution is 1.26. The summed E-state index contributed by atoms with van der Waals surface area (Å²) in [6.07, 6.45) is 1.68. The molecule has 0 fully saturated rings. The number of anilines is 1. The van der Waals surface area contributed by atoms with Crippen LogP contribution in [0.5, 0.6) is 0 Å². The van der Waals surface area contributed by atoms with Gasteiger partial charge in [-0.3, -0.25) is 0 Å². The van der Waals surface area contributed by atoms with Gasteiger partial charge in [0.2, 0.25) is 0 Å². The van der Waals surface area contributed by atoms with E-state index in [2.05, 4.69) is 4.98 Å². The first-order valence-corrected chi connectivity index (χ1v) is 4.51. The second-order valence-electron chi connectivity index (χ2n) is 3.17. The van der Waals surface area contributed by atoms with Crippen LogP contribution in [-0.4, -0.2) is 4.98 Å². The number of rotatable bonds is 1. The smallest absolute Gasteiger partial charge is 0.140 e. The summed E-state index contributed by atoms with van der Waals surface area (Å²) >= 11 is 0. The molecule has 0 bridgehead atoms. The van der Waals surface area contributed by atoms with Crippen LogP contribution < -0.4 is 5.73 Å². The Hall–Kier alpha value is -2.34. The predicted molar refractivity (Wildman–Crippen MR) is 58.8 cm³/mol. The summed E-state index contributed by atoms with van der Waals surface area (Å²) in [5, 5.41) is 8.61. The van der Waals surface area contributed by atoms with Gasteiger partial charge in [0, 0.05) is 17.4 Å². The number of nitriles is 1. The number of nitrogens with zero attached hydrogens (tertiary/aromatic N) is 2. The summed E-state index contributed by atoms with van der Waals surface area (Å²) in [6, 6.07) is 13.1. The first-order chi connectivity index (χ1) is 7.29. The third kappa shape index (κ3) is 1.94. The van der Waals surface area contributed by atoms with Crippen molar-refractivity contribution in [3.8, 4) is 17.2 Å². The van der Waals surface area contributed by atoms with Crippen LogP contribution in [0, 0.1) is 11.3 Å². The highest BCUT2D eigenvalue weighted by molar-refractivity contribution is 5.64. The fourth-order valence-corrected chi connectivity index (χ4v) is 1.31. The molecule has 0 atom stereocenters. The molecule has 15 heavy (non-hydrogen) atoms. The number of aromatic nitrogens is 1. The maximum absolute atomic E-state index is 8.61. The van der Waals surface area contributed by atoms with Gasteiger partial charge in [-0.05, 0) is 29.8 Å². The zero-order valence-corrected chi connectivity index (χ0v) is 8.01. The van der Waals surface area contributed by atoms with Gasteiger partial charge in [0.05, 0.1) is 0 Å². The van der Waals surface area contributed by atoms with Crippen LogP contribution in [0.3, 0.4) is 0 Å². The van der Waals surface area contributed by atoms with E-state index in [9.17, 15) is 0 Å². The second kappa shape index (κ2) is 3.81. The zero-order chi connectivity index (χ0) is 10.7.